The predicted octanol–water partition coefficient (Wildman–Crippen LogP) is 2.25. The van der Waals surface area contributed by atoms with Crippen molar-refractivity contribution in [3.8, 4) is 0 Å². The normalized spacial score (nSPS) is 14.8. The third-order valence-electron chi connectivity index (χ3n) is 1.33. The molecule has 0 bridgehead atoms. The summed E-state index contributed by atoms with van der Waals surface area (Å²) < 4.78 is 14.9. The zero-order valence-corrected chi connectivity index (χ0v) is 6.36. The number of aliphatic imine (C=N–C) groups is 1. The van der Waals surface area contributed by atoms with Crippen molar-refractivity contribution in [1.82, 2.24) is 4.72 Å². The molecule has 11 heavy (non-hydrogen) atoms. The fourth-order valence-corrected chi connectivity index (χ4v) is 1.47. The molecule has 0 aliphatic carbocycles. The highest BCUT2D eigenvalue weighted by atomic mass is 32.2. The molecule has 1 aromatic carbocycles. The number of nitrogens with one attached hydrogen (secondary N) is 1. The molecule has 0 amide bonds. The van der Waals surface area contributed by atoms with Crippen LogP contribution in [0.3, 0.4) is 0 Å². The van der Waals surface area contributed by atoms with Crippen molar-refractivity contribution in [2.75, 3.05) is 0 Å². The molecule has 1 aliphatic heterocycles. The van der Waals surface area contributed by atoms with Crippen LogP contribution in [0.1, 0.15) is 0 Å². The molecule has 2 rings (SSSR count). The average molecular weight is 168 g/mol. The number of amidine groups is 1. The standard InChI is InChI=1S/C7H5FN2S/c8-7-9-5-3-1-2-4-6(5)11-10-7/h1-4H,(H,9,10). The lowest BCUT2D eigenvalue weighted by Gasteiger charge is -2.09. The van der Waals surface area contributed by atoms with Gasteiger partial charge in [0.25, 0.3) is 6.09 Å². The number of hydrogen-bond acceptors (Lipinski definition) is 3. The number of nitrogens with zero attached hydrogens (tertiary/aromatic N) is 1. The SMILES string of the molecule is FC1=Nc2ccccc2SN1. The first kappa shape index (κ1) is 6.67. The fraction of sp³-hybridized carbons (Fsp3) is 0. The van der Waals surface area contributed by atoms with E-state index in [2.05, 4.69) is 9.71 Å². The van der Waals surface area contributed by atoms with Gasteiger partial charge in [-0.25, -0.2) is 4.99 Å². The van der Waals surface area contributed by atoms with Crippen molar-refractivity contribution in [1.29, 1.82) is 0 Å². The molecule has 0 unspecified atom stereocenters. The molecular formula is C7H5FN2S. The summed E-state index contributed by atoms with van der Waals surface area (Å²) in [7, 11) is 0. The van der Waals surface area contributed by atoms with Crippen molar-refractivity contribution in [2.45, 2.75) is 4.90 Å². The van der Waals surface area contributed by atoms with Gasteiger partial charge in [0.2, 0.25) is 0 Å². The second kappa shape index (κ2) is 2.54. The van der Waals surface area contributed by atoms with E-state index in [1.165, 1.54) is 11.9 Å². The van der Waals surface area contributed by atoms with Gasteiger partial charge in [-0.15, -0.1) is 0 Å². The van der Waals surface area contributed by atoms with Crippen molar-refractivity contribution >= 4 is 23.7 Å². The van der Waals surface area contributed by atoms with E-state index in [4.69, 9.17) is 0 Å². The van der Waals surface area contributed by atoms with Crippen LogP contribution in [0, 0.1) is 0 Å². The Bertz CT molecular complexity index is 311. The van der Waals surface area contributed by atoms with Crippen LogP contribution in [0.4, 0.5) is 10.1 Å². The van der Waals surface area contributed by atoms with E-state index < -0.39 is 6.09 Å². The zero-order chi connectivity index (χ0) is 7.68. The van der Waals surface area contributed by atoms with E-state index in [0.717, 1.165) is 4.90 Å². The van der Waals surface area contributed by atoms with Crippen LogP contribution in [0.5, 0.6) is 0 Å². The van der Waals surface area contributed by atoms with Crippen LogP contribution in [0.25, 0.3) is 0 Å². The summed E-state index contributed by atoms with van der Waals surface area (Å²) in [6.07, 6.45) is -0.534. The quantitative estimate of drug-likeness (QED) is 0.474. The van der Waals surface area contributed by atoms with Gasteiger partial charge in [-0.1, -0.05) is 12.1 Å². The molecule has 4 heteroatoms. The molecule has 1 aliphatic rings. The van der Waals surface area contributed by atoms with Crippen molar-refractivity contribution in [3.63, 3.8) is 0 Å². The second-order valence-corrected chi connectivity index (χ2v) is 2.92. The average Bonchev–Trinajstić information content (AvgIpc) is 2.04. The third-order valence-corrected chi connectivity index (χ3v) is 2.16. The van der Waals surface area contributed by atoms with Gasteiger partial charge in [-0.2, -0.15) is 4.39 Å². The number of fused-ring (bicyclic) bond motifs is 1. The summed E-state index contributed by atoms with van der Waals surface area (Å²) in [5, 5.41) is 0. The first-order chi connectivity index (χ1) is 5.36. The molecule has 56 valence electrons. The number of para-hydroxylation sites is 1. The van der Waals surface area contributed by atoms with Gasteiger partial charge in [-0.3, -0.25) is 4.72 Å². The van der Waals surface area contributed by atoms with Crippen LogP contribution < -0.4 is 4.72 Å². The number of hydrogen-bond donors (Lipinski definition) is 1. The van der Waals surface area contributed by atoms with Gasteiger partial charge in [0.1, 0.15) is 0 Å². The minimum atomic E-state index is -0.534. The molecule has 0 aromatic heterocycles. The summed E-state index contributed by atoms with van der Waals surface area (Å²) in [4.78, 5) is 4.62. The Morgan fingerprint density at radius 1 is 1.36 bits per heavy atom. The Kier molecular flexibility index (Phi) is 1.54. The van der Waals surface area contributed by atoms with E-state index in [1.807, 2.05) is 18.2 Å². The Morgan fingerprint density at radius 2 is 2.18 bits per heavy atom. The van der Waals surface area contributed by atoms with Gasteiger partial charge in [0.15, 0.2) is 0 Å². The van der Waals surface area contributed by atoms with Crippen LogP contribution in [0.2, 0.25) is 0 Å². The van der Waals surface area contributed by atoms with Gasteiger partial charge in [0, 0.05) is 0 Å². The second-order valence-electron chi connectivity index (χ2n) is 2.07. The highest BCUT2D eigenvalue weighted by Gasteiger charge is 2.09. The molecular weight excluding hydrogens is 163 g/mol. The minimum absolute atomic E-state index is 0.534. The van der Waals surface area contributed by atoms with Crippen molar-refractivity contribution in [2.24, 2.45) is 4.99 Å². The summed E-state index contributed by atoms with van der Waals surface area (Å²) in [5.74, 6) is 0. The van der Waals surface area contributed by atoms with Crippen LogP contribution in [-0.4, -0.2) is 6.09 Å². The largest absolute Gasteiger partial charge is 0.293 e. The molecule has 0 saturated carbocycles. The topological polar surface area (TPSA) is 24.4 Å². The third kappa shape index (κ3) is 1.21. The lowest BCUT2D eigenvalue weighted by Crippen LogP contribution is -2.12. The van der Waals surface area contributed by atoms with Crippen LogP contribution >= 0.6 is 11.9 Å². The Labute approximate surface area is 67.7 Å². The molecule has 1 aromatic rings. The zero-order valence-electron chi connectivity index (χ0n) is 5.54. The van der Waals surface area contributed by atoms with Crippen LogP contribution in [-0.2, 0) is 0 Å². The van der Waals surface area contributed by atoms with E-state index in [-0.39, 0.29) is 0 Å². The maximum Gasteiger partial charge on any atom is 0.293 e. The van der Waals surface area contributed by atoms with Gasteiger partial charge >= 0.3 is 0 Å². The van der Waals surface area contributed by atoms with Crippen molar-refractivity contribution in [3.05, 3.63) is 24.3 Å². The Hall–Kier alpha value is -1.03. The van der Waals surface area contributed by atoms with Crippen molar-refractivity contribution < 1.29 is 4.39 Å². The van der Waals surface area contributed by atoms with E-state index in [1.54, 1.807) is 6.07 Å². The number of rotatable bonds is 0. The van der Waals surface area contributed by atoms with Crippen LogP contribution in [0.15, 0.2) is 34.2 Å². The molecule has 1 heterocycles. The Morgan fingerprint density at radius 3 is 3.09 bits per heavy atom. The lowest BCUT2D eigenvalue weighted by molar-refractivity contribution is 0.775. The van der Waals surface area contributed by atoms with E-state index in [0.29, 0.717) is 5.69 Å². The van der Waals surface area contributed by atoms with E-state index in [9.17, 15) is 4.39 Å². The highest BCUT2D eigenvalue weighted by Crippen LogP contribution is 2.30. The molecule has 0 radical (unpaired) electrons. The van der Waals surface area contributed by atoms with Gasteiger partial charge in [-0.05, 0) is 24.1 Å². The van der Waals surface area contributed by atoms with Gasteiger partial charge in [0.05, 0.1) is 10.6 Å². The number of halogens is 1. The monoisotopic (exact) mass is 168 g/mol. The maximum atomic E-state index is 12.5. The maximum absolute atomic E-state index is 12.5. The molecule has 0 atom stereocenters. The fourth-order valence-electron chi connectivity index (χ4n) is 0.861. The summed E-state index contributed by atoms with van der Waals surface area (Å²) >= 11 is 1.24. The Balaban J connectivity index is 2.51. The summed E-state index contributed by atoms with van der Waals surface area (Å²) in [6.45, 7) is 0. The van der Waals surface area contributed by atoms with E-state index >= 15 is 0 Å². The first-order valence-electron chi connectivity index (χ1n) is 3.12. The first-order valence-corrected chi connectivity index (χ1v) is 3.94. The minimum Gasteiger partial charge on any atom is -0.286 e. The molecule has 0 spiro atoms. The smallest absolute Gasteiger partial charge is 0.286 e. The molecule has 2 nitrogen and oxygen atoms in total. The molecule has 0 saturated heterocycles. The lowest BCUT2D eigenvalue weighted by atomic mass is 10.3. The number of benzene rings is 1. The summed E-state index contributed by atoms with van der Waals surface area (Å²) in [6, 6.07) is 7.40. The molecule has 0 fully saturated rings. The summed E-state index contributed by atoms with van der Waals surface area (Å²) in [5.41, 5.74) is 0.689. The predicted molar refractivity (Wildman–Crippen MR) is 43.6 cm³/mol. The van der Waals surface area contributed by atoms with Gasteiger partial charge < -0.3 is 0 Å². The molecule has 1 N–H and O–H groups in total. The highest BCUT2D eigenvalue weighted by molar-refractivity contribution is 7.98.